The van der Waals surface area contributed by atoms with E-state index in [1.165, 1.54) is 0 Å². The predicted octanol–water partition coefficient (Wildman–Crippen LogP) is 2.34. The summed E-state index contributed by atoms with van der Waals surface area (Å²) in [4.78, 5) is 19.0. The normalized spacial score (nSPS) is 25.8. The largest absolute Gasteiger partial charge is 0.496 e. The maximum Gasteiger partial charge on any atom is 0.222 e. The summed E-state index contributed by atoms with van der Waals surface area (Å²) in [5, 5.41) is 0. The van der Waals surface area contributed by atoms with Crippen LogP contribution in [-0.4, -0.2) is 80.1 Å². The molecule has 0 unspecified atom stereocenters. The van der Waals surface area contributed by atoms with E-state index < -0.39 is 0 Å². The third-order valence-corrected chi connectivity index (χ3v) is 6.02. The van der Waals surface area contributed by atoms with Gasteiger partial charge in [-0.1, -0.05) is 30.4 Å². The van der Waals surface area contributed by atoms with E-state index in [-0.39, 0.29) is 11.4 Å². The minimum absolute atomic E-state index is 0.122. The molecule has 0 aliphatic carbocycles. The summed E-state index contributed by atoms with van der Waals surface area (Å²) < 4.78 is 5.42. The smallest absolute Gasteiger partial charge is 0.222 e. The number of nitrogens with zero attached hydrogens (tertiary/aromatic N) is 3. The number of hydrogen-bond donors (Lipinski definition) is 0. The number of rotatable bonds is 4. The van der Waals surface area contributed by atoms with Crippen LogP contribution in [0.15, 0.2) is 30.3 Å². The molecule has 1 atom stereocenters. The number of piperazine rings is 1. The van der Waals surface area contributed by atoms with Crippen molar-refractivity contribution >= 4 is 12.0 Å². The first-order valence-electron chi connectivity index (χ1n) is 9.51. The van der Waals surface area contributed by atoms with Gasteiger partial charge in [0.2, 0.25) is 5.91 Å². The Hall–Kier alpha value is -1.85. The Kier molecular flexibility index (Phi) is 5.99. The third kappa shape index (κ3) is 4.10. The molecule has 142 valence electrons. The summed E-state index contributed by atoms with van der Waals surface area (Å²) in [6.07, 6.45) is 7.04. The molecule has 5 heteroatoms. The topological polar surface area (TPSA) is 36.0 Å². The van der Waals surface area contributed by atoms with Crippen LogP contribution < -0.4 is 4.74 Å². The van der Waals surface area contributed by atoms with Crippen molar-refractivity contribution in [2.24, 2.45) is 0 Å². The quantitative estimate of drug-likeness (QED) is 0.829. The molecule has 1 spiro atoms. The number of likely N-dealkylation sites (tertiary alicyclic amines) is 1. The Morgan fingerprint density at radius 1 is 1.15 bits per heavy atom. The SMILES string of the molecule is COc1ccccc1/C=C/CN1CCN(C)[C@]2(CCC(=O)N(C)CC2)C1. The molecule has 0 N–H and O–H groups in total. The van der Waals surface area contributed by atoms with Crippen molar-refractivity contribution in [3.05, 3.63) is 35.9 Å². The van der Waals surface area contributed by atoms with Gasteiger partial charge in [-0.2, -0.15) is 0 Å². The second-order valence-electron chi connectivity index (χ2n) is 7.59. The highest BCUT2D eigenvalue weighted by Crippen LogP contribution is 2.31. The molecule has 0 aromatic heterocycles. The Labute approximate surface area is 157 Å². The fraction of sp³-hybridized carbons (Fsp3) is 0.571. The highest BCUT2D eigenvalue weighted by atomic mass is 16.5. The lowest BCUT2D eigenvalue weighted by molar-refractivity contribution is -0.129. The number of likely N-dealkylation sites (N-methyl/N-ethyl adjacent to an activating group) is 1. The summed E-state index contributed by atoms with van der Waals surface area (Å²) in [5.74, 6) is 1.19. The van der Waals surface area contributed by atoms with Gasteiger partial charge in [-0.15, -0.1) is 0 Å². The van der Waals surface area contributed by atoms with E-state index >= 15 is 0 Å². The first-order chi connectivity index (χ1) is 12.5. The van der Waals surface area contributed by atoms with Crippen LogP contribution in [0.2, 0.25) is 0 Å². The molecule has 5 nitrogen and oxygen atoms in total. The van der Waals surface area contributed by atoms with Crippen LogP contribution in [0, 0.1) is 0 Å². The van der Waals surface area contributed by atoms with E-state index in [9.17, 15) is 4.79 Å². The fourth-order valence-electron chi connectivity index (χ4n) is 4.13. The van der Waals surface area contributed by atoms with E-state index in [0.29, 0.717) is 6.42 Å². The summed E-state index contributed by atoms with van der Waals surface area (Å²) in [6, 6.07) is 8.09. The van der Waals surface area contributed by atoms with Crippen molar-refractivity contribution < 1.29 is 9.53 Å². The average Bonchev–Trinajstić information content (AvgIpc) is 2.80. The van der Waals surface area contributed by atoms with Crippen molar-refractivity contribution in [1.29, 1.82) is 0 Å². The number of carbonyl (C=O) groups excluding carboxylic acids is 1. The van der Waals surface area contributed by atoms with Crippen molar-refractivity contribution in [3.8, 4) is 5.75 Å². The molecule has 1 aromatic carbocycles. The van der Waals surface area contributed by atoms with Gasteiger partial charge in [0, 0.05) is 57.3 Å². The molecule has 2 saturated heterocycles. The molecule has 0 bridgehead atoms. The molecule has 2 heterocycles. The standard InChI is InChI=1S/C21H31N3O2/c1-22-14-12-21(11-10-20(22)25)17-24(16-15-23(21)2)13-6-8-18-7-4-5-9-19(18)26-3/h4-9H,10-17H2,1-3H3/b8-6+/t21-/m0/s1. The number of benzene rings is 1. The van der Waals surface area contributed by atoms with Crippen LogP contribution in [-0.2, 0) is 4.79 Å². The van der Waals surface area contributed by atoms with E-state index in [4.69, 9.17) is 4.74 Å². The number of carbonyl (C=O) groups is 1. The zero-order chi connectivity index (χ0) is 18.6. The van der Waals surface area contributed by atoms with Crippen LogP contribution in [0.3, 0.4) is 0 Å². The maximum absolute atomic E-state index is 12.1. The van der Waals surface area contributed by atoms with E-state index in [2.05, 4.69) is 35.1 Å². The number of hydrogen-bond acceptors (Lipinski definition) is 4. The molecular weight excluding hydrogens is 326 g/mol. The number of methoxy groups -OCH3 is 1. The molecule has 2 aliphatic rings. The van der Waals surface area contributed by atoms with Crippen LogP contribution >= 0.6 is 0 Å². The number of ether oxygens (including phenoxy) is 1. The van der Waals surface area contributed by atoms with E-state index in [1.54, 1.807) is 7.11 Å². The van der Waals surface area contributed by atoms with Crippen LogP contribution in [0.4, 0.5) is 0 Å². The molecule has 26 heavy (non-hydrogen) atoms. The molecule has 1 aromatic rings. The van der Waals surface area contributed by atoms with E-state index in [1.807, 2.05) is 30.1 Å². The summed E-state index contributed by atoms with van der Waals surface area (Å²) >= 11 is 0. The fourth-order valence-corrected chi connectivity index (χ4v) is 4.13. The van der Waals surface area contributed by atoms with Crippen LogP contribution in [0.5, 0.6) is 5.75 Å². The first-order valence-corrected chi connectivity index (χ1v) is 9.51. The lowest BCUT2D eigenvalue weighted by Crippen LogP contribution is -2.61. The minimum atomic E-state index is 0.122. The first kappa shape index (κ1) is 18.9. The number of amides is 1. The summed E-state index contributed by atoms with van der Waals surface area (Å²) in [7, 11) is 5.86. The number of para-hydroxylation sites is 1. The molecular formula is C21H31N3O2. The van der Waals surface area contributed by atoms with Gasteiger partial charge in [0.15, 0.2) is 0 Å². The molecule has 0 saturated carbocycles. The maximum atomic E-state index is 12.1. The monoisotopic (exact) mass is 357 g/mol. The van der Waals surface area contributed by atoms with Gasteiger partial charge in [0.05, 0.1) is 7.11 Å². The van der Waals surface area contributed by atoms with Crippen LogP contribution in [0.25, 0.3) is 6.08 Å². The van der Waals surface area contributed by atoms with Gasteiger partial charge < -0.3 is 9.64 Å². The average molecular weight is 357 g/mol. The Morgan fingerprint density at radius 2 is 1.96 bits per heavy atom. The second-order valence-corrected chi connectivity index (χ2v) is 7.59. The van der Waals surface area contributed by atoms with Crippen molar-refractivity contribution in [2.75, 3.05) is 53.9 Å². The molecule has 2 fully saturated rings. The van der Waals surface area contributed by atoms with Gasteiger partial charge in [-0.05, 0) is 26.0 Å². The lowest BCUT2D eigenvalue weighted by Gasteiger charge is -2.49. The second kappa shape index (κ2) is 8.23. The van der Waals surface area contributed by atoms with Crippen molar-refractivity contribution in [3.63, 3.8) is 0 Å². The predicted molar refractivity (Wildman–Crippen MR) is 105 cm³/mol. The van der Waals surface area contributed by atoms with Gasteiger partial charge in [0.25, 0.3) is 0 Å². The zero-order valence-electron chi connectivity index (χ0n) is 16.3. The zero-order valence-corrected chi connectivity index (χ0v) is 16.3. The van der Waals surface area contributed by atoms with E-state index in [0.717, 1.165) is 56.9 Å². The highest BCUT2D eigenvalue weighted by molar-refractivity contribution is 5.76. The molecule has 2 aliphatic heterocycles. The highest BCUT2D eigenvalue weighted by Gasteiger charge is 2.41. The van der Waals surface area contributed by atoms with Gasteiger partial charge in [-0.3, -0.25) is 14.6 Å². The third-order valence-electron chi connectivity index (χ3n) is 6.02. The molecule has 1 amide bonds. The van der Waals surface area contributed by atoms with Crippen LogP contribution in [0.1, 0.15) is 24.8 Å². The summed E-state index contributed by atoms with van der Waals surface area (Å²) in [6.45, 7) is 4.94. The Bertz CT molecular complexity index is 660. The lowest BCUT2D eigenvalue weighted by atomic mass is 9.86. The Morgan fingerprint density at radius 3 is 2.77 bits per heavy atom. The Balaban J connectivity index is 1.64. The van der Waals surface area contributed by atoms with Gasteiger partial charge in [-0.25, -0.2) is 0 Å². The molecule has 3 rings (SSSR count). The minimum Gasteiger partial charge on any atom is -0.496 e. The molecule has 0 radical (unpaired) electrons. The van der Waals surface area contributed by atoms with Gasteiger partial charge in [0.1, 0.15) is 5.75 Å². The summed E-state index contributed by atoms with van der Waals surface area (Å²) in [5.41, 5.74) is 1.23. The van der Waals surface area contributed by atoms with Crippen molar-refractivity contribution in [1.82, 2.24) is 14.7 Å². The van der Waals surface area contributed by atoms with Crippen molar-refractivity contribution in [2.45, 2.75) is 24.8 Å². The van der Waals surface area contributed by atoms with Gasteiger partial charge >= 0.3 is 0 Å².